The molecule has 0 saturated heterocycles. The zero-order chi connectivity index (χ0) is 11.0. The van der Waals surface area contributed by atoms with Crippen molar-refractivity contribution >= 4 is 37.4 Å². The lowest BCUT2D eigenvalue weighted by atomic mass is 10.3. The highest BCUT2D eigenvalue weighted by atomic mass is 79.9. The normalized spacial score (nSPS) is 10.5. The van der Waals surface area contributed by atoms with E-state index < -0.39 is 0 Å². The van der Waals surface area contributed by atoms with Gasteiger partial charge in [-0.2, -0.15) is 5.26 Å². The molecule has 0 bridgehead atoms. The second-order valence-electron chi connectivity index (χ2n) is 3.03. The molecule has 0 amide bonds. The van der Waals surface area contributed by atoms with Gasteiger partial charge in [0, 0.05) is 12.7 Å². The van der Waals surface area contributed by atoms with E-state index >= 15 is 0 Å². The molecule has 2 heterocycles. The van der Waals surface area contributed by atoms with Crippen LogP contribution < -0.4 is 5.56 Å². The summed E-state index contributed by atoms with van der Waals surface area (Å²) in [7, 11) is 0. The van der Waals surface area contributed by atoms with Gasteiger partial charge in [-0.05, 0) is 28.9 Å². The monoisotopic (exact) mass is 282 g/mol. The molecule has 0 atom stereocenters. The second kappa shape index (κ2) is 3.80. The van der Waals surface area contributed by atoms with E-state index in [-0.39, 0.29) is 5.56 Å². The summed E-state index contributed by atoms with van der Waals surface area (Å²) in [6, 6.07) is 3.71. The van der Waals surface area contributed by atoms with Gasteiger partial charge in [0.15, 0.2) is 0 Å². The minimum absolute atomic E-state index is 0.0338. The largest absolute Gasteiger partial charge is 0.314 e. The molecule has 0 radical (unpaired) electrons. The predicted molar refractivity (Wildman–Crippen MR) is 64.2 cm³/mol. The highest BCUT2D eigenvalue weighted by Gasteiger charge is 2.10. The number of aryl methyl sites for hydroxylation is 1. The summed E-state index contributed by atoms with van der Waals surface area (Å²) in [5, 5.41) is 9.40. The van der Waals surface area contributed by atoms with E-state index in [2.05, 4.69) is 22.0 Å². The number of fused-ring (bicyclic) bond motifs is 1. The first kappa shape index (κ1) is 10.4. The summed E-state index contributed by atoms with van der Waals surface area (Å²) in [6.07, 6.45) is 1.77. The maximum atomic E-state index is 11.9. The van der Waals surface area contributed by atoms with Gasteiger partial charge in [-0.1, -0.05) is 0 Å². The van der Waals surface area contributed by atoms with Gasteiger partial charge in [-0.15, -0.1) is 11.3 Å². The Hall–Kier alpha value is -1.12. The van der Waals surface area contributed by atoms with E-state index in [9.17, 15) is 4.79 Å². The minimum atomic E-state index is -0.0338. The first-order valence-corrected chi connectivity index (χ1v) is 6.01. The molecule has 5 heteroatoms. The van der Waals surface area contributed by atoms with Gasteiger partial charge in [-0.25, -0.2) is 0 Å². The molecule has 2 aromatic heterocycles. The molecule has 0 aliphatic rings. The minimum Gasteiger partial charge on any atom is -0.314 e. The van der Waals surface area contributed by atoms with Crippen LogP contribution in [0.5, 0.6) is 0 Å². The molecule has 0 aliphatic carbocycles. The van der Waals surface area contributed by atoms with Gasteiger partial charge in [0.05, 0.1) is 14.6 Å². The summed E-state index contributed by atoms with van der Waals surface area (Å²) in [6.45, 7) is 2.54. The fourth-order valence-corrected chi connectivity index (χ4v) is 2.98. The third kappa shape index (κ3) is 1.60. The van der Waals surface area contributed by atoms with Crippen molar-refractivity contribution in [1.82, 2.24) is 4.57 Å². The number of rotatable bonds is 1. The first-order valence-electron chi connectivity index (χ1n) is 4.40. The van der Waals surface area contributed by atoms with Crippen molar-refractivity contribution in [1.29, 1.82) is 5.26 Å². The van der Waals surface area contributed by atoms with E-state index in [1.165, 1.54) is 11.3 Å². The van der Waals surface area contributed by atoms with Crippen molar-refractivity contribution < 1.29 is 0 Å². The van der Waals surface area contributed by atoms with Crippen molar-refractivity contribution in [3.63, 3.8) is 0 Å². The molecule has 0 unspecified atom stereocenters. The Morgan fingerprint density at radius 3 is 3.00 bits per heavy atom. The Balaban J connectivity index is 2.92. The quantitative estimate of drug-likeness (QED) is 0.807. The van der Waals surface area contributed by atoms with Gasteiger partial charge in [0.1, 0.15) is 10.9 Å². The van der Waals surface area contributed by atoms with Crippen molar-refractivity contribution in [2.75, 3.05) is 0 Å². The van der Waals surface area contributed by atoms with E-state index in [0.717, 1.165) is 9.17 Å². The maximum absolute atomic E-state index is 11.9. The Morgan fingerprint density at radius 2 is 2.40 bits per heavy atom. The molecular formula is C10H7BrN2OS. The number of aromatic nitrogens is 1. The third-order valence-electron chi connectivity index (χ3n) is 2.16. The van der Waals surface area contributed by atoms with Crippen LogP contribution in [0.25, 0.3) is 10.1 Å². The number of hydrogen-bond acceptors (Lipinski definition) is 3. The number of nitrogens with zero attached hydrogens (tertiary/aromatic N) is 2. The van der Waals surface area contributed by atoms with E-state index in [1.807, 2.05) is 6.92 Å². The summed E-state index contributed by atoms with van der Waals surface area (Å²) >= 11 is 4.74. The van der Waals surface area contributed by atoms with E-state index in [0.29, 0.717) is 16.8 Å². The number of thiophene rings is 1. The molecule has 0 aromatic carbocycles. The van der Waals surface area contributed by atoms with Crippen LogP contribution in [0, 0.1) is 11.3 Å². The zero-order valence-corrected chi connectivity index (χ0v) is 10.4. The Labute approximate surface area is 98.7 Å². The lowest BCUT2D eigenvalue weighted by molar-refractivity contribution is 0.733. The van der Waals surface area contributed by atoms with Crippen LogP contribution in [0.1, 0.15) is 11.8 Å². The molecule has 0 spiro atoms. The van der Waals surface area contributed by atoms with Crippen LogP contribution in [-0.2, 0) is 6.54 Å². The lowest BCUT2D eigenvalue weighted by Crippen LogP contribution is -2.17. The molecule has 2 rings (SSSR count). The summed E-state index contributed by atoms with van der Waals surface area (Å²) < 4.78 is 3.34. The molecule has 0 N–H and O–H groups in total. The van der Waals surface area contributed by atoms with Gasteiger partial charge in [0.25, 0.3) is 5.56 Å². The van der Waals surface area contributed by atoms with Crippen LogP contribution in [0.15, 0.2) is 21.5 Å². The van der Waals surface area contributed by atoms with Crippen molar-refractivity contribution in [2.45, 2.75) is 13.5 Å². The molecular weight excluding hydrogens is 276 g/mol. The fourth-order valence-electron chi connectivity index (χ4n) is 1.43. The highest BCUT2D eigenvalue weighted by Crippen LogP contribution is 2.29. The topological polar surface area (TPSA) is 45.8 Å². The van der Waals surface area contributed by atoms with Gasteiger partial charge < -0.3 is 4.57 Å². The van der Waals surface area contributed by atoms with Gasteiger partial charge >= 0.3 is 0 Å². The van der Waals surface area contributed by atoms with Crippen molar-refractivity contribution in [2.24, 2.45) is 0 Å². The molecule has 0 fully saturated rings. The Kier molecular flexibility index (Phi) is 2.63. The second-order valence-corrected chi connectivity index (χ2v) is 4.94. The van der Waals surface area contributed by atoms with Crippen LogP contribution in [0.4, 0.5) is 0 Å². The number of nitriles is 1. The lowest BCUT2D eigenvalue weighted by Gasteiger charge is -2.02. The molecule has 15 heavy (non-hydrogen) atoms. The average Bonchev–Trinajstić information content (AvgIpc) is 2.68. The number of halogens is 1. The SMILES string of the molecule is CCn1cc(Br)c2sc(C#N)cc2c1=O. The number of hydrogen-bond donors (Lipinski definition) is 0. The van der Waals surface area contributed by atoms with Gasteiger partial charge in [-0.3, -0.25) is 4.79 Å². The highest BCUT2D eigenvalue weighted by molar-refractivity contribution is 9.10. The summed E-state index contributed by atoms with van der Waals surface area (Å²) in [5.74, 6) is 0. The average molecular weight is 283 g/mol. The molecule has 0 saturated carbocycles. The van der Waals surface area contributed by atoms with Crippen LogP contribution in [-0.4, -0.2) is 4.57 Å². The van der Waals surface area contributed by atoms with Crippen LogP contribution in [0.3, 0.4) is 0 Å². The zero-order valence-electron chi connectivity index (χ0n) is 7.95. The first-order chi connectivity index (χ1) is 7.17. The summed E-state index contributed by atoms with van der Waals surface area (Å²) in [4.78, 5) is 12.4. The standard InChI is InChI=1S/C10H7BrN2OS/c1-2-13-5-8(11)9-7(10(13)14)3-6(4-12)15-9/h3,5H,2H2,1H3. The summed E-state index contributed by atoms with van der Waals surface area (Å²) in [5.41, 5.74) is -0.0338. The van der Waals surface area contributed by atoms with E-state index in [1.54, 1.807) is 16.8 Å². The Bertz CT molecular complexity index is 621. The molecule has 76 valence electrons. The molecule has 0 aliphatic heterocycles. The fraction of sp³-hybridized carbons (Fsp3) is 0.200. The van der Waals surface area contributed by atoms with Gasteiger partial charge in [0.2, 0.25) is 0 Å². The van der Waals surface area contributed by atoms with Crippen molar-refractivity contribution in [3.05, 3.63) is 32.0 Å². The number of pyridine rings is 1. The van der Waals surface area contributed by atoms with Crippen LogP contribution in [0.2, 0.25) is 0 Å². The van der Waals surface area contributed by atoms with Crippen LogP contribution >= 0.6 is 27.3 Å². The van der Waals surface area contributed by atoms with Crippen molar-refractivity contribution in [3.8, 4) is 6.07 Å². The molecule has 3 nitrogen and oxygen atoms in total. The van der Waals surface area contributed by atoms with E-state index in [4.69, 9.17) is 5.26 Å². The predicted octanol–water partition coefficient (Wildman–Crippen LogP) is 2.72. The smallest absolute Gasteiger partial charge is 0.259 e. The third-order valence-corrected chi connectivity index (χ3v) is 4.10. The molecule has 2 aromatic rings. The maximum Gasteiger partial charge on any atom is 0.259 e. The Morgan fingerprint density at radius 1 is 1.67 bits per heavy atom.